The molecule has 23 nitrogen and oxygen atoms in total. The summed E-state index contributed by atoms with van der Waals surface area (Å²) < 4.78 is 35.3. The molecule has 0 spiro atoms. The van der Waals surface area contributed by atoms with Gasteiger partial charge in [-0.1, -0.05) is 49.1 Å². The van der Waals surface area contributed by atoms with E-state index < -0.39 is 107 Å². The van der Waals surface area contributed by atoms with Crippen LogP contribution in [-0.2, 0) is 78.7 Å². The Labute approximate surface area is 565 Å². The van der Waals surface area contributed by atoms with Gasteiger partial charge in [0.15, 0.2) is 0 Å². The lowest BCUT2D eigenvalue weighted by Gasteiger charge is -2.37. The first-order valence-electron chi connectivity index (χ1n) is 32.5. The average molecular weight is 1360 g/mol. The van der Waals surface area contributed by atoms with Gasteiger partial charge in [-0.3, -0.25) is 43.2 Å². The number of carbonyl (C=O) groups excluding carboxylic acids is 9. The monoisotopic (exact) mass is 1360 g/mol. The van der Waals surface area contributed by atoms with E-state index >= 15 is 14.4 Å². The summed E-state index contributed by atoms with van der Waals surface area (Å²) >= 11 is 3.16. The lowest BCUT2D eigenvalue weighted by molar-refractivity contribution is -0.147. The van der Waals surface area contributed by atoms with Crippen molar-refractivity contribution in [2.24, 2.45) is 5.73 Å². The number of hydrogen-bond donors (Lipinski definition) is 11. The number of hydrogen-bond acceptors (Lipinski definition) is 14. The van der Waals surface area contributed by atoms with Gasteiger partial charge in [-0.15, -0.1) is 0 Å². The van der Waals surface area contributed by atoms with Crippen LogP contribution in [-0.4, -0.2) is 177 Å². The molecule has 0 aliphatic carbocycles. The van der Waals surface area contributed by atoms with E-state index in [-0.39, 0.29) is 75.6 Å². The van der Waals surface area contributed by atoms with Crippen LogP contribution in [0, 0.1) is 5.82 Å². The Balaban J connectivity index is 1.13. The maximum Gasteiger partial charge on any atom is 0.246 e. The number of aromatic nitrogens is 2. The van der Waals surface area contributed by atoms with Crippen molar-refractivity contribution in [3.8, 4) is 5.75 Å². The molecule has 12 N–H and O–H groups in total. The average Bonchev–Trinajstić information content (AvgIpc) is 1.59. The van der Waals surface area contributed by atoms with Gasteiger partial charge in [-0.25, -0.2) is 8.78 Å². The summed E-state index contributed by atoms with van der Waals surface area (Å²) in [5.41, 5.74) is 8.40. The molecule has 3 aliphatic heterocycles. The molecular formula is C69H88F2N12O11S2. The van der Waals surface area contributed by atoms with Gasteiger partial charge < -0.3 is 72.6 Å². The molecule has 27 heteroatoms. The highest BCUT2D eigenvalue weighted by molar-refractivity contribution is 7.98. The number of unbranched alkanes of at least 4 members (excludes halogenated alkanes) is 1. The van der Waals surface area contributed by atoms with Crippen LogP contribution in [0.15, 0.2) is 91.5 Å². The lowest BCUT2D eigenvalue weighted by atomic mass is 9.95. The summed E-state index contributed by atoms with van der Waals surface area (Å²) in [6.45, 7) is 8.51. The number of nitrogens with zero attached hydrogens (tertiary/aromatic N) is 2. The third-order valence-electron chi connectivity index (χ3n) is 17.7. The standard InChI is InChI=1S/C69H88F2N12O11S2/c1-6-52-50(30-41(2)70)47(36-74-52)34-57-66(91)82-26-10-15-58(82)64(89)81-61(42(3)94-5)65(90)80-56(32-43-16-19-49(84)20-17-43)67(92)83-27-11-23-69(83,4)68(93)73-25-29-96-40-45-13-9-12-44(31-45)39-95-28-22-59(85)77-54(14-7-8-24-72)62(87)76-38-60(86)78-55(63(88)79-57)33-46-37-75-53-21-18-48(71)35-51(46)53/h6,9,12-13,16-21,30-31,35-37,42,54-58,61,74-75,84H,2,7-8,10-11,14-15,22-29,32-34,38-40,72H2,1,3-5H3,(H,73,93)(H,76,87)(H,77,85)(H,78,86)(H,79,88)(H,80,90)(H,81,89)/b50-30-,52-6+/t42-,54-,55-,56-,57-,58-,61-,69-/m0/s1. The Hall–Kier alpha value is -8.53. The summed E-state index contributed by atoms with van der Waals surface area (Å²) in [7, 11) is 1.33. The number of amides is 9. The van der Waals surface area contributed by atoms with E-state index in [1.807, 2.05) is 18.2 Å². The van der Waals surface area contributed by atoms with Crippen molar-refractivity contribution < 1.29 is 61.8 Å². The molecule has 5 heterocycles. The normalized spacial score (nSPS) is 24.0. The maximum atomic E-state index is 15.5. The first kappa shape index (κ1) is 73.3. The maximum absolute atomic E-state index is 15.5. The van der Waals surface area contributed by atoms with E-state index in [1.165, 1.54) is 53.4 Å². The molecule has 2 bridgehead atoms. The highest BCUT2D eigenvalue weighted by Crippen LogP contribution is 2.31. The van der Waals surface area contributed by atoms with E-state index in [0.717, 1.165) is 17.2 Å². The number of rotatable bonds is 13. The second-order valence-corrected chi connectivity index (χ2v) is 26.8. The number of carbonyl (C=O) groups is 9. The molecule has 96 heavy (non-hydrogen) atoms. The Morgan fingerprint density at radius 3 is 2.19 bits per heavy atom. The number of allylic oxidation sites excluding steroid dienone is 1. The fraction of sp³-hybridized carbons (Fsp3) is 0.464. The highest BCUT2D eigenvalue weighted by atomic mass is 32.2. The van der Waals surface area contributed by atoms with Crippen LogP contribution in [0.3, 0.4) is 0 Å². The number of benzene rings is 3. The number of aromatic hydroxyl groups is 1. The van der Waals surface area contributed by atoms with Gasteiger partial charge in [0.25, 0.3) is 0 Å². The largest absolute Gasteiger partial charge is 0.508 e. The van der Waals surface area contributed by atoms with E-state index in [4.69, 9.17) is 10.5 Å². The molecule has 0 unspecified atom stereocenters. The van der Waals surface area contributed by atoms with Crippen LogP contribution in [0.4, 0.5) is 8.78 Å². The Morgan fingerprint density at radius 2 is 1.47 bits per heavy atom. The summed E-state index contributed by atoms with van der Waals surface area (Å²) in [4.78, 5) is 140. The van der Waals surface area contributed by atoms with E-state index in [1.54, 1.807) is 68.7 Å². The molecule has 2 aromatic heterocycles. The van der Waals surface area contributed by atoms with Crippen LogP contribution >= 0.6 is 23.5 Å². The highest BCUT2D eigenvalue weighted by Gasteiger charge is 2.48. The minimum absolute atomic E-state index is 0.00664. The number of H-pyrrole nitrogens is 2. The van der Waals surface area contributed by atoms with Crippen LogP contribution < -0.4 is 53.5 Å². The molecular weight excluding hydrogens is 1270 g/mol. The molecule has 0 saturated carbocycles. The third kappa shape index (κ3) is 19.6. The molecule has 8 atom stereocenters. The number of phenols is 1. The Morgan fingerprint density at radius 1 is 0.771 bits per heavy atom. The van der Waals surface area contributed by atoms with Gasteiger partial charge in [0.2, 0.25) is 53.2 Å². The quantitative estimate of drug-likeness (QED) is 0.0755. The van der Waals surface area contributed by atoms with Crippen molar-refractivity contribution in [2.45, 2.75) is 151 Å². The lowest BCUT2D eigenvalue weighted by Crippen LogP contribution is -2.63. The molecule has 5 aromatic rings. The number of thioether (sulfide) groups is 2. The van der Waals surface area contributed by atoms with Crippen LogP contribution in [0.25, 0.3) is 23.1 Å². The number of phenolic OH excluding ortho intramolecular Hbond substituents is 1. The molecule has 2 saturated heterocycles. The number of nitrogens with two attached hydrogens (primary N) is 1. The predicted molar refractivity (Wildman–Crippen MR) is 365 cm³/mol. The van der Waals surface area contributed by atoms with Gasteiger partial charge in [-0.05, 0) is 136 Å². The molecule has 3 aliphatic rings. The summed E-state index contributed by atoms with van der Waals surface area (Å²) in [5.74, 6) is -5.31. The number of halogens is 2. The zero-order valence-electron chi connectivity index (χ0n) is 54.6. The summed E-state index contributed by atoms with van der Waals surface area (Å²) in [6.07, 6.45) is 6.74. The van der Waals surface area contributed by atoms with Crippen molar-refractivity contribution in [1.29, 1.82) is 0 Å². The number of ether oxygens (including phenoxy) is 1. The minimum Gasteiger partial charge on any atom is -0.508 e. The fourth-order valence-electron chi connectivity index (χ4n) is 12.4. The van der Waals surface area contributed by atoms with Crippen molar-refractivity contribution >= 4 is 99.7 Å². The van der Waals surface area contributed by atoms with Gasteiger partial charge in [0.05, 0.1) is 12.6 Å². The zero-order valence-corrected chi connectivity index (χ0v) is 56.3. The number of methoxy groups -OCH3 is 1. The summed E-state index contributed by atoms with van der Waals surface area (Å²) in [5, 5.41) is 31.0. The second kappa shape index (κ2) is 34.9. The fourth-order valence-corrected chi connectivity index (χ4v) is 14.1. The molecule has 0 radical (unpaired) electrons. The van der Waals surface area contributed by atoms with E-state index in [0.29, 0.717) is 99.9 Å². The van der Waals surface area contributed by atoms with E-state index in [2.05, 4.69) is 59.8 Å². The van der Waals surface area contributed by atoms with Crippen molar-refractivity contribution in [1.82, 2.24) is 57.0 Å². The third-order valence-corrected chi connectivity index (χ3v) is 19.7. The molecule has 516 valence electrons. The molecule has 2 fully saturated rings. The van der Waals surface area contributed by atoms with Gasteiger partial charge in [0.1, 0.15) is 59.2 Å². The Bertz CT molecular complexity index is 3760. The molecule has 3 aromatic carbocycles. The Kier molecular flexibility index (Phi) is 26.7. The first-order chi connectivity index (χ1) is 46.1. The van der Waals surface area contributed by atoms with Crippen LogP contribution in [0.5, 0.6) is 5.75 Å². The zero-order chi connectivity index (χ0) is 69.1. The first-order valence-corrected chi connectivity index (χ1v) is 34.8. The van der Waals surface area contributed by atoms with Gasteiger partial charge in [0, 0.05) is 109 Å². The smallest absolute Gasteiger partial charge is 0.246 e. The van der Waals surface area contributed by atoms with Crippen molar-refractivity contribution in [3.63, 3.8) is 0 Å². The SMILES string of the molecule is C=C(F)/C=c1/c(C[C@@H]2NC(=O)[C@H](Cc3c[nH]c4ccc(F)cc34)NC(=O)CNC(=O)[C@H](CCCCN)NC(=O)CCSCc3cccc(c3)CSCCNC(=O)[C@]3(C)CCCN3C(=O)[C@H](Cc3ccc(O)cc3)NC(=O)[C@H]([C@H](C)OC)NC(=O)[C@@H]3CCCN3C2=O)c[nH]/c1=C/C. The topological polar surface area (TPSA) is 331 Å². The van der Waals surface area contributed by atoms with Gasteiger partial charge in [-0.2, -0.15) is 23.5 Å². The summed E-state index contributed by atoms with van der Waals surface area (Å²) in [6, 6.07) is 9.99. The van der Waals surface area contributed by atoms with Crippen molar-refractivity contribution in [3.05, 3.63) is 136 Å². The number of aromatic amines is 2. The number of nitrogens with one attached hydrogen (secondary N) is 9. The number of fused-ring (bicyclic) bond motifs is 5. The molecule has 9 amide bonds. The van der Waals surface area contributed by atoms with Crippen LogP contribution in [0.2, 0.25) is 0 Å². The van der Waals surface area contributed by atoms with Crippen LogP contribution in [0.1, 0.15) is 100.0 Å². The minimum atomic E-state index is -1.55. The predicted octanol–water partition coefficient (Wildman–Crippen LogP) is 3.20. The van der Waals surface area contributed by atoms with Gasteiger partial charge >= 0.3 is 0 Å². The van der Waals surface area contributed by atoms with E-state index in [9.17, 15) is 42.7 Å². The second-order valence-electron chi connectivity index (χ2n) is 24.6. The van der Waals surface area contributed by atoms with Crippen molar-refractivity contribution in [2.75, 3.05) is 51.3 Å². The molecule has 8 rings (SSSR count).